The lowest BCUT2D eigenvalue weighted by Gasteiger charge is -2.26. The van der Waals surface area contributed by atoms with Gasteiger partial charge in [-0.1, -0.05) is 51.2 Å². The van der Waals surface area contributed by atoms with Gasteiger partial charge in [0.25, 0.3) is 0 Å². The summed E-state index contributed by atoms with van der Waals surface area (Å²) in [5.41, 5.74) is 9.88. The highest BCUT2D eigenvalue weighted by Gasteiger charge is 2.19. The summed E-state index contributed by atoms with van der Waals surface area (Å²) in [6.07, 6.45) is 11.8. The molecule has 0 spiro atoms. The van der Waals surface area contributed by atoms with E-state index in [4.69, 9.17) is 5.73 Å². The maximum atomic E-state index is 6.05. The molecule has 1 unspecified atom stereocenters. The van der Waals surface area contributed by atoms with E-state index in [1.165, 1.54) is 62.6 Å². The minimum Gasteiger partial charge on any atom is -0.398 e. The van der Waals surface area contributed by atoms with Crippen molar-refractivity contribution in [2.24, 2.45) is 0 Å². The molecule has 3 N–H and O–H groups in total. The van der Waals surface area contributed by atoms with E-state index in [1.807, 2.05) is 6.07 Å². The van der Waals surface area contributed by atoms with Crippen molar-refractivity contribution in [1.82, 2.24) is 5.32 Å². The second-order valence-corrected chi connectivity index (χ2v) is 6.15. The molecule has 1 aliphatic rings. The molecular formula is C18H31ClN2. The van der Waals surface area contributed by atoms with E-state index < -0.39 is 0 Å². The molecule has 3 heteroatoms. The predicted molar refractivity (Wildman–Crippen MR) is 95.3 cm³/mol. The van der Waals surface area contributed by atoms with Crippen LogP contribution in [0.4, 0.5) is 5.69 Å². The summed E-state index contributed by atoms with van der Waals surface area (Å²) >= 11 is 0. The SMILES string of the molecule is CCCCCCCCNC1CCc2c(N)cccc2C1.Cl. The minimum atomic E-state index is 0. The van der Waals surface area contributed by atoms with E-state index in [2.05, 4.69) is 24.4 Å². The smallest absolute Gasteiger partial charge is 0.0349 e. The molecule has 1 atom stereocenters. The van der Waals surface area contributed by atoms with Gasteiger partial charge in [-0.25, -0.2) is 0 Å². The first kappa shape index (κ1) is 18.3. The first-order chi connectivity index (χ1) is 9.81. The van der Waals surface area contributed by atoms with E-state index in [-0.39, 0.29) is 12.4 Å². The highest BCUT2D eigenvalue weighted by Crippen LogP contribution is 2.26. The largest absolute Gasteiger partial charge is 0.398 e. The Morgan fingerprint density at radius 2 is 1.90 bits per heavy atom. The van der Waals surface area contributed by atoms with Crippen LogP contribution < -0.4 is 11.1 Å². The van der Waals surface area contributed by atoms with Gasteiger partial charge in [0.15, 0.2) is 0 Å². The molecule has 0 aromatic heterocycles. The van der Waals surface area contributed by atoms with Crippen molar-refractivity contribution in [2.75, 3.05) is 12.3 Å². The average molecular weight is 311 g/mol. The Kier molecular flexibility index (Phi) is 8.79. The van der Waals surface area contributed by atoms with Gasteiger partial charge >= 0.3 is 0 Å². The van der Waals surface area contributed by atoms with Gasteiger partial charge in [0.05, 0.1) is 0 Å². The molecule has 0 aliphatic heterocycles. The van der Waals surface area contributed by atoms with Crippen molar-refractivity contribution < 1.29 is 0 Å². The number of benzene rings is 1. The lowest BCUT2D eigenvalue weighted by Crippen LogP contribution is -2.35. The summed E-state index contributed by atoms with van der Waals surface area (Å²) in [7, 11) is 0. The van der Waals surface area contributed by atoms with Crippen LogP contribution >= 0.6 is 12.4 Å². The number of nitrogen functional groups attached to an aromatic ring is 1. The Labute approximate surface area is 136 Å². The summed E-state index contributed by atoms with van der Waals surface area (Å²) in [5.74, 6) is 0. The fourth-order valence-corrected chi connectivity index (χ4v) is 3.22. The molecule has 0 radical (unpaired) electrons. The number of rotatable bonds is 8. The lowest BCUT2D eigenvalue weighted by molar-refractivity contribution is 0.447. The van der Waals surface area contributed by atoms with E-state index >= 15 is 0 Å². The Balaban J connectivity index is 0.00000220. The standard InChI is InChI=1S/C18H30N2.ClH/c1-2-3-4-5-6-7-13-20-16-11-12-17-15(14-16)9-8-10-18(17)19;/h8-10,16,20H,2-7,11-14,19H2,1H3;1H. The second kappa shape index (κ2) is 10.1. The summed E-state index contributed by atoms with van der Waals surface area (Å²) in [6.45, 7) is 3.45. The van der Waals surface area contributed by atoms with Crippen molar-refractivity contribution >= 4 is 18.1 Å². The summed E-state index contributed by atoms with van der Waals surface area (Å²) < 4.78 is 0. The maximum absolute atomic E-state index is 6.05. The molecular weight excluding hydrogens is 280 g/mol. The molecule has 0 saturated heterocycles. The van der Waals surface area contributed by atoms with Gasteiger partial charge in [-0.3, -0.25) is 0 Å². The van der Waals surface area contributed by atoms with Crippen molar-refractivity contribution in [2.45, 2.75) is 70.8 Å². The number of unbranched alkanes of at least 4 members (excludes halogenated alkanes) is 5. The first-order valence-electron chi connectivity index (χ1n) is 8.41. The van der Waals surface area contributed by atoms with Crippen LogP contribution in [-0.2, 0) is 12.8 Å². The zero-order valence-corrected chi connectivity index (χ0v) is 14.2. The molecule has 120 valence electrons. The third-order valence-electron chi connectivity index (χ3n) is 4.48. The quantitative estimate of drug-likeness (QED) is 0.548. The Hall–Kier alpha value is -0.730. The summed E-state index contributed by atoms with van der Waals surface area (Å²) in [6, 6.07) is 7.01. The normalized spacial score (nSPS) is 17.1. The molecule has 2 nitrogen and oxygen atoms in total. The molecule has 0 fully saturated rings. The van der Waals surface area contributed by atoms with Gasteiger partial charge in [-0.15, -0.1) is 12.4 Å². The number of anilines is 1. The number of hydrogen-bond acceptors (Lipinski definition) is 2. The zero-order valence-electron chi connectivity index (χ0n) is 13.4. The van der Waals surface area contributed by atoms with Crippen LogP contribution in [0.25, 0.3) is 0 Å². The maximum Gasteiger partial charge on any atom is 0.0349 e. The van der Waals surface area contributed by atoms with Crippen molar-refractivity contribution in [1.29, 1.82) is 0 Å². The van der Waals surface area contributed by atoms with E-state index in [0.29, 0.717) is 6.04 Å². The molecule has 0 heterocycles. The zero-order chi connectivity index (χ0) is 14.2. The van der Waals surface area contributed by atoms with E-state index in [0.717, 1.165) is 18.5 Å². The second-order valence-electron chi connectivity index (χ2n) is 6.15. The first-order valence-corrected chi connectivity index (χ1v) is 8.41. The van der Waals surface area contributed by atoms with Gasteiger partial charge in [-0.05, 0) is 49.4 Å². The monoisotopic (exact) mass is 310 g/mol. The van der Waals surface area contributed by atoms with Crippen LogP contribution in [0, 0.1) is 0 Å². The van der Waals surface area contributed by atoms with Crippen LogP contribution in [-0.4, -0.2) is 12.6 Å². The molecule has 0 saturated carbocycles. The molecule has 0 amide bonds. The predicted octanol–water partition coefficient (Wildman–Crippen LogP) is 4.50. The molecule has 1 aromatic rings. The van der Waals surface area contributed by atoms with Gasteiger partial charge in [0.1, 0.15) is 0 Å². The lowest BCUT2D eigenvalue weighted by atomic mass is 9.87. The van der Waals surface area contributed by atoms with Crippen LogP contribution in [0.15, 0.2) is 18.2 Å². The van der Waals surface area contributed by atoms with Crippen molar-refractivity contribution in [3.05, 3.63) is 29.3 Å². The third-order valence-corrected chi connectivity index (χ3v) is 4.48. The summed E-state index contributed by atoms with van der Waals surface area (Å²) in [4.78, 5) is 0. The van der Waals surface area contributed by atoms with E-state index in [1.54, 1.807) is 0 Å². The number of fused-ring (bicyclic) bond motifs is 1. The number of nitrogens with one attached hydrogen (secondary N) is 1. The molecule has 2 rings (SSSR count). The van der Waals surface area contributed by atoms with Crippen molar-refractivity contribution in [3.63, 3.8) is 0 Å². The van der Waals surface area contributed by atoms with Crippen LogP contribution in [0.1, 0.15) is 63.0 Å². The number of hydrogen-bond donors (Lipinski definition) is 2. The number of nitrogens with two attached hydrogens (primary N) is 1. The number of halogens is 1. The van der Waals surface area contributed by atoms with Crippen LogP contribution in [0.2, 0.25) is 0 Å². The van der Waals surface area contributed by atoms with E-state index in [9.17, 15) is 0 Å². The Bertz CT molecular complexity index is 406. The molecule has 0 bridgehead atoms. The Morgan fingerprint density at radius 3 is 2.71 bits per heavy atom. The summed E-state index contributed by atoms with van der Waals surface area (Å²) in [5, 5.41) is 3.73. The molecule has 21 heavy (non-hydrogen) atoms. The average Bonchev–Trinajstić information content (AvgIpc) is 2.46. The van der Waals surface area contributed by atoms with Crippen molar-refractivity contribution in [3.8, 4) is 0 Å². The highest BCUT2D eigenvalue weighted by atomic mass is 35.5. The molecule has 1 aliphatic carbocycles. The van der Waals surface area contributed by atoms with Crippen LogP contribution in [0.5, 0.6) is 0 Å². The van der Waals surface area contributed by atoms with Gasteiger partial charge < -0.3 is 11.1 Å². The van der Waals surface area contributed by atoms with Gasteiger partial charge in [0, 0.05) is 11.7 Å². The van der Waals surface area contributed by atoms with Gasteiger partial charge in [-0.2, -0.15) is 0 Å². The third kappa shape index (κ3) is 5.88. The Morgan fingerprint density at radius 1 is 1.14 bits per heavy atom. The fourth-order valence-electron chi connectivity index (χ4n) is 3.22. The topological polar surface area (TPSA) is 38.0 Å². The minimum absolute atomic E-state index is 0. The van der Waals surface area contributed by atoms with Gasteiger partial charge in [0.2, 0.25) is 0 Å². The fraction of sp³-hybridized carbons (Fsp3) is 0.667. The molecule has 1 aromatic carbocycles. The highest BCUT2D eigenvalue weighted by molar-refractivity contribution is 5.85. The van der Waals surface area contributed by atoms with Crippen LogP contribution in [0.3, 0.4) is 0 Å².